The van der Waals surface area contributed by atoms with Crippen LogP contribution in [0, 0.1) is 24.7 Å². The van der Waals surface area contributed by atoms with Crippen molar-refractivity contribution < 1.29 is 4.57 Å². The summed E-state index contributed by atoms with van der Waals surface area (Å²) in [5, 5.41) is 4.42. The summed E-state index contributed by atoms with van der Waals surface area (Å²) < 4.78 is 2.28. The molecule has 0 aliphatic heterocycles. The number of hydrogen-bond acceptors (Lipinski definition) is 0. The van der Waals surface area contributed by atoms with Gasteiger partial charge in [0.2, 0.25) is 5.69 Å². The second-order valence-electron chi connectivity index (χ2n) is 11.0. The highest BCUT2D eigenvalue weighted by molar-refractivity contribution is 6.92. The van der Waals surface area contributed by atoms with Crippen LogP contribution < -0.4 is 9.75 Å². The number of fused-ring (bicyclic) bond motifs is 1. The van der Waals surface area contributed by atoms with E-state index >= 15 is 0 Å². The van der Waals surface area contributed by atoms with E-state index < -0.39 is 8.07 Å². The van der Waals surface area contributed by atoms with Crippen molar-refractivity contribution in [3.05, 3.63) is 60.3 Å². The van der Waals surface area contributed by atoms with E-state index in [-0.39, 0.29) is 0 Å². The SMILES string of the molecule is Cc1ccccc1-c1c2ccc([Si](CC(C)C)(CC(C)C)CC(C)C)cc2cc[n+]1C. The monoisotopic (exact) mass is 432 g/mol. The lowest BCUT2D eigenvalue weighted by Crippen LogP contribution is -2.50. The summed E-state index contributed by atoms with van der Waals surface area (Å²) in [7, 11) is 0.565. The molecule has 0 aliphatic rings. The minimum absolute atomic E-state index is 0.746. The van der Waals surface area contributed by atoms with Crippen LogP contribution in [0.15, 0.2) is 54.7 Å². The van der Waals surface area contributed by atoms with Gasteiger partial charge in [0.25, 0.3) is 0 Å². The fourth-order valence-corrected chi connectivity index (χ4v) is 12.6. The topological polar surface area (TPSA) is 3.88 Å². The highest BCUT2D eigenvalue weighted by Gasteiger charge is 2.37. The number of benzene rings is 2. The molecule has 0 radical (unpaired) electrons. The predicted octanol–water partition coefficient (Wildman–Crippen LogP) is 7.26. The molecule has 0 N–H and O–H groups in total. The van der Waals surface area contributed by atoms with E-state index in [4.69, 9.17) is 0 Å². The van der Waals surface area contributed by atoms with E-state index in [1.807, 2.05) is 0 Å². The summed E-state index contributed by atoms with van der Waals surface area (Å²) in [6, 6.07) is 22.7. The number of aryl methyl sites for hydroxylation is 2. The Kier molecular flexibility index (Phi) is 7.42. The minimum atomic E-state index is -1.61. The maximum atomic E-state index is 2.57. The first kappa shape index (κ1) is 23.7. The molecule has 2 heteroatoms. The molecule has 3 rings (SSSR count). The maximum absolute atomic E-state index is 2.57. The number of nitrogens with zero attached hydrogens (tertiary/aromatic N) is 1. The van der Waals surface area contributed by atoms with Gasteiger partial charge in [-0.1, -0.05) is 95.2 Å². The normalized spacial score (nSPS) is 12.5. The highest BCUT2D eigenvalue weighted by Crippen LogP contribution is 2.34. The average molecular weight is 433 g/mol. The third kappa shape index (κ3) is 5.29. The van der Waals surface area contributed by atoms with Gasteiger partial charge < -0.3 is 0 Å². The summed E-state index contributed by atoms with van der Waals surface area (Å²) in [6.07, 6.45) is 2.24. The molecule has 1 nitrogen and oxygen atoms in total. The molecule has 2 aromatic carbocycles. The number of aromatic nitrogens is 1. The van der Waals surface area contributed by atoms with Gasteiger partial charge in [-0.25, -0.2) is 4.57 Å². The standard InChI is InChI=1S/C29H42NSi/c1-21(2)18-31(19-22(3)4,20-23(5)6)26-13-14-28-25(17-26)15-16-30(8)29(28)27-12-10-9-11-24(27)7/h9-17,21-23H,18-20H2,1-8H3/q+1. The molecular formula is C29H42NSi+. The van der Waals surface area contributed by atoms with Gasteiger partial charge >= 0.3 is 0 Å². The maximum Gasteiger partial charge on any atom is 0.220 e. The van der Waals surface area contributed by atoms with Gasteiger partial charge in [0.15, 0.2) is 6.20 Å². The highest BCUT2D eigenvalue weighted by atomic mass is 28.3. The van der Waals surface area contributed by atoms with Crippen molar-refractivity contribution in [1.29, 1.82) is 0 Å². The second-order valence-corrected chi connectivity index (χ2v) is 15.3. The summed E-state index contributed by atoms with van der Waals surface area (Å²) in [4.78, 5) is 0. The van der Waals surface area contributed by atoms with Gasteiger partial charge in [0, 0.05) is 11.6 Å². The molecule has 0 bridgehead atoms. The van der Waals surface area contributed by atoms with Gasteiger partial charge in [0.1, 0.15) is 7.05 Å². The van der Waals surface area contributed by atoms with Crippen LogP contribution >= 0.6 is 0 Å². The molecule has 0 unspecified atom stereocenters. The van der Waals surface area contributed by atoms with Crippen LogP contribution in [-0.2, 0) is 7.05 Å². The van der Waals surface area contributed by atoms with E-state index in [9.17, 15) is 0 Å². The Bertz CT molecular complexity index is 1010. The second kappa shape index (κ2) is 9.69. The van der Waals surface area contributed by atoms with Crippen molar-refractivity contribution in [2.24, 2.45) is 24.8 Å². The number of hydrogen-bond donors (Lipinski definition) is 0. The fourth-order valence-electron chi connectivity index (χ4n) is 5.82. The van der Waals surface area contributed by atoms with Gasteiger partial charge in [-0.2, -0.15) is 0 Å². The van der Waals surface area contributed by atoms with Crippen molar-refractivity contribution in [1.82, 2.24) is 0 Å². The lowest BCUT2D eigenvalue weighted by molar-refractivity contribution is -0.659. The van der Waals surface area contributed by atoms with Crippen molar-refractivity contribution in [3.63, 3.8) is 0 Å². The minimum Gasteiger partial charge on any atom is -0.200 e. The zero-order valence-electron chi connectivity index (χ0n) is 21.0. The molecule has 0 amide bonds. The molecule has 0 aliphatic carbocycles. The lowest BCUT2D eigenvalue weighted by atomic mass is 10.00. The van der Waals surface area contributed by atoms with Crippen LogP contribution in [0.2, 0.25) is 18.1 Å². The van der Waals surface area contributed by atoms with Crippen molar-refractivity contribution in [2.75, 3.05) is 0 Å². The molecule has 31 heavy (non-hydrogen) atoms. The van der Waals surface area contributed by atoms with Gasteiger partial charge in [-0.15, -0.1) is 0 Å². The van der Waals surface area contributed by atoms with E-state index in [2.05, 4.69) is 115 Å². The van der Waals surface area contributed by atoms with Crippen molar-refractivity contribution in [2.45, 2.75) is 66.6 Å². The van der Waals surface area contributed by atoms with Gasteiger partial charge in [0.05, 0.1) is 13.5 Å². The van der Waals surface area contributed by atoms with Crippen LogP contribution in [0.3, 0.4) is 0 Å². The Labute approximate surface area is 191 Å². The first-order valence-corrected chi connectivity index (χ1v) is 14.7. The van der Waals surface area contributed by atoms with Crippen LogP contribution in [0.5, 0.6) is 0 Å². The average Bonchev–Trinajstić information content (AvgIpc) is 2.67. The molecule has 0 saturated heterocycles. The van der Waals surface area contributed by atoms with Crippen LogP contribution in [0.1, 0.15) is 47.1 Å². The largest absolute Gasteiger partial charge is 0.220 e. The zero-order valence-corrected chi connectivity index (χ0v) is 22.0. The molecule has 0 fully saturated rings. The Morgan fingerprint density at radius 2 is 1.35 bits per heavy atom. The fraction of sp³-hybridized carbons (Fsp3) is 0.483. The van der Waals surface area contributed by atoms with Crippen LogP contribution in [-0.4, -0.2) is 8.07 Å². The van der Waals surface area contributed by atoms with Crippen molar-refractivity contribution in [3.8, 4) is 11.3 Å². The van der Waals surface area contributed by atoms with E-state index in [0.717, 1.165) is 17.8 Å². The molecule has 1 aromatic heterocycles. The predicted molar refractivity (Wildman–Crippen MR) is 140 cm³/mol. The Morgan fingerprint density at radius 1 is 0.774 bits per heavy atom. The Hall–Kier alpha value is -1.93. The molecule has 3 aromatic rings. The smallest absolute Gasteiger partial charge is 0.200 e. The van der Waals surface area contributed by atoms with E-state index in [1.54, 1.807) is 5.19 Å². The quantitative estimate of drug-likeness (QED) is 0.260. The molecular weight excluding hydrogens is 390 g/mol. The summed E-state index contributed by atoms with van der Waals surface area (Å²) >= 11 is 0. The third-order valence-electron chi connectivity index (χ3n) is 6.55. The summed E-state index contributed by atoms with van der Waals surface area (Å²) in [5.74, 6) is 2.24. The summed E-state index contributed by atoms with van der Waals surface area (Å²) in [6.45, 7) is 16.7. The van der Waals surface area contributed by atoms with E-state index in [1.165, 1.54) is 45.7 Å². The number of pyridine rings is 1. The number of rotatable bonds is 8. The van der Waals surface area contributed by atoms with Crippen LogP contribution in [0.25, 0.3) is 22.0 Å². The molecule has 1 heterocycles. The molecule has 0 spiro atoms. The molecule has 0 saturated carbocycles. The van der Waals surface area contributed by atoms with Crippen molar-refractivity contribution >= 4 is 24.0 Å². The molecule has 0 atom stereocenters. The van der Waals surface area contributed by atoms with E-state index in [0.29, 0.717) is 0 Å². The first-order valence-electron chi connectivity index (χ1n) is 12.1. The Balaban J connectivity index is 2.22. The van der Waals surface area contributed by atoms with Crippen LogP contribution in [0.4, 0.5) is 0 Å². The first-order chi connectivity index (χ1) is 14.6. The molecule has 166 valence electrons. The Morgan fingerprint density at radius 3 is 1.90 bits per heavy atom. The summed E-state index contributed by atoms with van der Waals surface area (Å²) in [5.41, 5.74) is 3.99. The zero-order chi connectivity index (χ0) is 22.8. The lowest BCUT2D eigenvalue weighted by Gasteiger charge is -2.37. The van der Waals surface area contributed by atoms with Gasteiger partial charge in [-0.3, -0.25) is 0 Å². The third-order valence-corrected chi connectivity index (χ3v) is 12.9. The van der Waals surface area contributed by atoms with Gasteiger partial charge in [-0.05, 0) is 47.8 Å².